The first-order valence-corrected chi connectivity index (χ1v) is 6.94. The maximum absolute atomic E-state index is 9.80. The molecule has 19 heavy (non-hydrogen) atoms. The summed E-state index contributed by atoms with van der Waals surface area (Å²) in [4.78, 5) is 4.40. The van der Waals surface area contributed by atoms with Crippen LogP contribution in [0.3, 0.4) is 0 Å². The van der Waals surface area contributed by atoms with Crippen molar-refractivity contribution < 1.29 is 9.52 Å². The Morgan fingerprint density at radius 2 is 2.21 bits per heavy atom. The first kappa shape index (κ1) is 12.5. The molecule has 2 N–H and O–H groups in total. The van der Waals surface area contributed by atoms with E-state index in [-0.39, 0.29) is 12.1 Å². The van der Waals surface area contributed by atoms with E-state index in [4.69, 9.17) is 4.42 Å². The molecule has 102 valence electrons. The van der Waals surface area contributed by atoms with Gasteiger partial charge in [0.25, 0.3) is 0 Å². The number of nitrogens with zero attached hydrogens (tertiary/aromatic N) is 1. The summed E-state index contributed by atoms with van der Waals surface area (Å²) in [6.07, 6.45) is 7.68. The molecule has 2 heterocycles. The van der Waals surface area contributed by atoms with Gasteiger partial charge >= 0.3 is 0 Å². The summed E-state index contributed by atoms with van der Waals surface area (Å²) in [6, 6.07) is 3.77. The lowest BCUT2D eigenvalue weighted by atomic mass is 9.77. The number of aliphatic hydroxyl groups is 1. The SMILES string of the molecule is CC1CCC(CO)(Nc2nccc3occc23)CC1. The highest BCUT2D eigenvalue weighted by molar-refractivity contribution is 5.88. The minimum atomic E-state index is -0.231. The van der Waals surface area contributed by atoms with Crippen LogP contribution in [0.25, 0.3) is 11.0 Å². The van der Waals surface area contributed by atoms with E-state index in [2.05, 4.69) is 17.2 Å². The fourth-order valence-electron chi connectivity index (χ4n) is 2.88. The average molecular weight is 260 g/mol. The monoisotopic (exact) mass is 260 g/mol. The van der Waals surface area contributed by atoms with Crippen LogP contribution < -0.4 is 5.32 Å². The Kier molecular flexibility index (Phi) is 3.19. The molecular weight excluding hydrogens is 240 g/mol. The molecule has 4 heteroatoms. The van der Waals surface area contributed by atoms with Crippen molar-refractivity contribution in [3.05, 3.63) is 24.6 Å². The smallest absolute Gasteiger partial charge is 0.139 e. The summed E-state index contributed by atoms with van der Waals surface area (Å²) in [5, 5.41) is 14.3. The van der Waals surface area contributed by atoms with Crippen molar-refractivity contribution in [2.24, 2.45) is 5.92 Å². The number of hydrogen-bond donors (Lipinski definition) is 2. The molecule has 0 spiro atoms. The van der Waals surface area contributed by atoms with Crippen LogP contribution in [-0.2, 0) is 0 Å². The van der Waals surface area contributed by atoms with Crippen LogP contribution in [0.15, 0.2) is 29.0 Å². The molecule has 0 radical (unpaired) electrons. The van der Waals surface area contributed by atoms with Crippen molar-refractivity contribution in [2.75, 3.05) is 11.9 Å². The van der Waals surface area contributed by atoms with Gasteiger partial charge in [0, 0.05) is 6.20 Å². The molecule has 4 nitrogen and oxygen atoms in total. The van der Waals surface area contributed by atoms with Crippen molar-refractivity contribution in [1.82, 2.24) is 4.98 Å². The fourth-order valence-corrected chi connectivity index (χ4v) is 2.88. The maximum Gasteiger partial charge on any atom is 0.139 e. The van der Waals surface area contributed by atoms with Gasteiger partial charge in [0.2, 0.25) is 0 Å². The van der Waals surface area contributed by atoms with Crippen LogP contribution >= 0.6 is 0 Å². The second-order valence-electron chi connectivity index (χ2n) is 5.74. The molecule has 1 saturated carbocycles. The van der Waals surface area contributed by atoms with Gasteiger partial charge in [-0.3, -0.25) is 0 Å². The van der Waals surface area contributed by atoms with Crippen LogP contribution in [0.5, 0.6) is 0 Å². The van der Waals surface area contributed by atoms with Gasteiger partial charge < -0.3 is 14.8 Å². The molecule has 0 bridgehead atoms. The van der Waals surface area contributed by atoms with Crippen LogP contribution in [0, 0.1) is 5.92 Å². The Balaban J connectivity index is 1.88. The molecule has 0 amide bonds. The minimum Gasteiger partial charge on any atom is -0.464 e. The first-order valence-electron chi connectivity index (χ1n) is 6.94. The number of aliphatic hydroxyl groups excluding tert-OH is 1. The summed E-state index contributed by atoms with van der Waals surface area (Å²) in [5.74, 6) is 1.56. The standard InChI is InChI=1S/C15H20N2O2/c1-11-2-6-15(10-18,7-3-11)17-14-12-5-9-19-13(12)4-8-16-14/h4-5,8-9,11,18H,2-3,6-7,10H2,1H3,(H,16,17). The number of fused-ring (bicyclic) bond motifs is 1. The number of furan rings is 1. The summed E-state index contributed by atoms with van der Waals surface area (Å²) < 4.78 is 5.39. The van der Waals surface area contributed by atoms with Crippen molar-refractivity contribution in [2.45, 2.75) is 38.1 Å². The Bertz CT molecular complexity index is 556. The normalized spacial score (nSPS) is 27.6. The Hall–Kier alpha value is -1.55. The van der Waals surface area contributed by atoms with E-state index in [0.717, 1.165) is 48.4 Å². The second-order valence-corrected chi connectivity index (χ2v) is 5.74. The van der Waals surface area contributed by atoms with Gasteiger partial charge in [-0.05, 0) is 43.7 Å². The number of pyridine rings is 1. The third-order valence-corrected chi connectivity index (χ3v) is 4.30. The van der Waals surface area contributed by atoms with Gasteiger partial charge in [-0.25, -0.2) is 4.98 Å². The Morgan fingerprint density at radius 3 is 2.95 bits per heavy atom. The third kappa shape index (κ3) is 2.32. The molecule has 1 aliphatic rings. The number of hydrogen-bond acceptors (Lipinski definition) is 4. The maximum atomic E-state index is 9.80. The Labute approximate surface area is 112 Å². The van der Waals surface area contributed by atoms with Crippen molar-refractivity contribution in [1.29, 1.82) is 0 Å². The predicted octanol–water partition coefficient (Wildman–Crippen LogP) is 3.18. The minimum absolute atomic E-state index is 0.148. The number of anilines is 1. The molecule has 0 aromatic carbocycles. The average Bonchev–Trinajstić information content (AvgIpc) is 2.91. The van der Waals surface area contributed by atoms with E-state index in [0.29, 0.717) is 0 Å². The molecule has 0 saturated heterocycles. The van der Waals surface area contributed by atoms with Gasteiger partial charge in [0.1, 0.15) is 11.4 Å². The number of aromatic nitrogens is 1. The topological polar surface area (TPSA) is 58.3 Å². The summed E-state index contributed by atoms with van der Waals surface area (Å²) in [6.45, 7) is 2.42. The molecule has 2 aromatic rings. The highest BCUT2D eigenvalue weighted by Gasteiger charge is 2.34. The van der Waals surface area contributed by atoms with E-state index in [9.17, 15) is 5.11 Å². The van der Waals surface area contributed by atoms with Gasteiger partial charge in [0.05, 0.1) is 23.8 Å². The highest BCUT2D eigenvalue weighted by atomic mass is 16.3. The first-order chi connectivity index (χ1) is 9.22. The van der Waals surface area contributed by atoms with E-state index in [1.54, 1.807) is 12.5 Å². The molecule has 0 aliphatic heterocycles. The lowest BCUT2D eigenvalue weighted by Gasteiger charge is -2.39. The van der Waals surface area contributed by atoms with Gasteiger partial charge in [-0.1, -0.05) is 6.92 Å². The highest BCUT2D eigenvalue weighted by Crippen LogP contribution is 2.35. The van der Waals surface area contributed by atoms with Gasteiger partial charge in [-0.2, -0.15) is 0 Å². The fraction of sp³-hybridized carbons (Fsp3) is 0.533. The molecular formula is C15H20N2O2. The molecule has 0 atom stereocenters. The molecule has 0 unspecified atom stereocenters. The van der Waals surface area contributed by atoms with Crippen LogP contribution in [0.2, 0.25) is 0 Å². The van der Waals surface area contributed by atoms with Crippen molar-refractivity contribution in [3.8, 4) is 0 Å². The van der Waals surface area contributed by atoms with Crippen LogP contribution in [0.4, 0.5) is 5.82 Å². The Morgan fingerprint density at radius 1 is 1.42 bits per heavy atom. The molecule has 1 aliphatic carbocycles. The zero-order chi connectivity index (χ0) is 13.3. The van der Waals surface area contributed by atoms with Crippen molar-refractivity contribution >= 4 is 16.8 Å². The van der Waals surface area contributed by atoms with Gasteiger partial charge in [0.15, 0.2) is 0 Å². The lowest BCUT2D eigenvalue weighted by molar-refractivity contribution is 0.155. The number of rotatable bonds is 3. The quantitative estimate of drug-likeness (QED) is 0.890. The largest absolute Gasteiger partial charge is 0.464 e. The van der Waals surface area contributed by atoms with E-state index >= 15 is 0 Å². The molecule has 3 rings (SSSR count). The molecule has 1 fully saturated rings. The molecule has 2 aromatic heterocycles. The van der Waals surface area contributed by atoms with E-state index in [1.807, 2.05) is 12.1 Å². The zero-order valence-corrected chi connectivity index (χ0v) is 11.2. The summed E-state index contributed by atoms with van der Waals surface area (Å²) >= 11 is 0. The third-order valence-electron chi connectivity index (χ3n) is 4.30. The number of nitrogens with one attached hydrogen (secondary N) is 1. The van der Waals surface area contributed by atoms with Crippen LogP contribution in [0.1, 0.15) is 32.6 Å². The predicted molar refractivity (Wildman–Crippen MR) is 75.1 cm³/mol. The lowest BCUT2D eigenvalue weighted by Crippen LogP contribution is -2.45. The van der Waals surface area contributed by atoms with Gasteiger partial charge in [-0.15, -0.1) is 0 Å². The zero-order valence-electron chi connectivity index (χ0n) is 11.2. The van der Waals surface area contributed by atoms with E-state index < -0.39 is 0 Å². The van der Waals surface area contributed by atoms with Crippen LogP contribution in [-0.4, -0.2) is 22.2 Å². The van der Waals surface area contributed by atoms with E-state index in [1.165, 1.54) is 0 Å². The summed E-state index contributed by atoms with van der Waals surface area (Å²) in [5.41, 5.74) is 0.597. The van der Waals surface area contributed by atoms with Crippen molar-refractivity contribution in [3.63, 3.8) is 0 Å². The second kappa shape index (κ2) is 4.85. The summed E-state index contributed by atoms with van der Waals surface area (Å²) in [7, 11) is 0.